The number of aliphatic hydroxyl groups excluding tert-OH is 1. The van der Waals surface area contributed by atoms with Crippen LogP contribution in [0, 0.1) is 0 Å². The topological polar surface area (TPSA) is 40.5 Å². The SMILES string of the molecule is O=C(c1cc(Cl)ccc1Br)N1CCCC1CO. The molecule has 0 radical (unpaired) electrons. The minimum atomic E-state index is -0.0732. The predicted octanol–water partition coefficient (Wildman–Crippen LogP) is 2.70. The molecule has 1 aliphatic rings. The summed E-state index contributed by atoms with van der Waals surface area (Å²) in [4.78, 5) is 14.0. The number of halogens is 2. The van der Waals surface area contributed by atoms with Gasteiger partial charge in [0.15, 0.2) is 0 Å². The molecule has 0 aliphatic carbocycles. The number of carbonyl (C=O) groups excluding carboxylic acids is 1. The number of benzene rings is 1. The number of likely N-dealkylation sites (tertiary alicyclic amines) is 1. The van der Waals surface area contributed by atoms with Gasteiger partial charge in [0.25, 0.3) is 5.91 Å². The van der Waals surface area contributed by atoms with Crippen LogP contribution in [0.5, 0.6) is 0 Å². The zero-order valence-electron chi connectivity index (χ0n) is 9.20. The Labute approximate surface area is 114 Å². The average molecular weight is 319 g/mol. The van der Waals surface area contributed by atoms with Crippen LogP contribution >= 0.6 is 27.5 Å². The third-order valence-corrected chi connectivity index (χ3v) is 3.93. The zero-order chi connectivity index (χ0) is 12.4. The summed E-state index contributed by atoms with van der Waals surface area (Å²) in [6.45, 7) is 0.715. The van der Waals surface area contributed by atoms with Crippen molar-refractivity contribution in [3.63, 3.8) is 0 Å². The van der Waals surface area contributed by atoms with Crippen LogP contribution in [0.3, 0.4) is 0 Å². The molecule has 0 spiro atoms. The van der Waals surface area contributed by atoms with Gasteiger partial charge in [0.1, 0.15) is 0 Å². The average Bonchev–Trinajstić information content (AvgIpc) is 2.79. The number of nitrogens with zero attached hydrogens (tertiary/aromatic N) is 1. The van der Waals surface area contributed by atoms with E-state index in [9.17, 15) is 9.90 Å². The first-order valence-electron chi connectivity index (χ1n) is 5.50. The maximum Gasteiger partial charge on any atom is 0.255 e. The van der Waals surface area contributed by atoms with Crippen molar-refractivity contribution in [2.75, 3.05) is 13.2 Å². The first-order chi connectivity index (χ1) is 8.13. The Hall–Kier alpha value is -0.580. The van der Waals surface area contributed by atoms with Crippen molar-refractivity contribution in [1.82, 2.24) is 4.90 Å². The van der Waals surface area contributed by atoms with E-state index >= 15 is 0 Å². The lowest BCUT2D eigenvalue weighted by atomic mass is 10.1. The molecule has 92 valence electrons. The fourth-order valence-corrected chi connectivity index (χ4v) is 2.70. The highest BCUT2D eigenvalue weighted by atomic mass is 79.9. The van der Waals surface area contributed by atoms with Gasteiger partial charge in [-0.15, -0.1) is 0 Å². The van der Waals surface area contributed by atoms with Crippen LogP contribution in [0.4, 0.5) is 0 Å². The number of aliphatic hydroxyl groups is 1. The van der Waals surface area contributed by atoms with Crippen LogP contribution in [0.15, 0.2) is 22.7 Å². The molecule has 1 atom stereocenters. The summed E-state index contributed by atoms with van der Waals surface area (Å²) >= 11 is 9.25. The number of amides is 1. The molecule has 2 rings (SSSR count). The second-order valence-corrected chi connectivity index (χ2v) is 5.39. The van der Waals surface area contributed by atoms with E-state index in [0.717, 1.165) is 17.3 Å². The van der Waals surface area contributed by atoms with E-state index in [-0.39, 0.29) is 18.6 Å². The van der Waals surface area contributed by atoms with Crippen molar-refractivity contribution in [3.05, 3.63) is 33.3 Å². The molecule has 17 heavy (non-hydrogen) atoms. The molecule has 5 heteroatoms. The molecule has 0 bridgehead atoms. The summed E-state index contributed by atoms with van der Waals surface area (Å²) in [7, 11) is 0. The molecule has 1 aliphatic heterocycles. The van der Waals surface area contributed by atoms with Gasteiger partial charge in [0.05, 0.1) is 18.2 Å². The van der Waals surface area contributed by atoms with Crippen molar-refractivity contribution in [3.8, 4) is 0 Å². The van der Waals surface area contributed by atoms with Crippen molar-refractivity contribution < 1.29 is 9.90 Å². The normalized spacial score (nSPS) is 19.7. The molecule has 1 N–H and O–H groups in total. The van der Waals surface area contributed by atoms with Crippen LogP contribution in [0.25, 0.3) is 0 Å². The van der Waals surface area contributed by atoms with Crippen LogP contribution in [-0.4, -0.2) is 35.1 Å². The van der Waals surface area contributed by atoms with E-state index in [1.54, 1.807) is 23.1 Å². The second-order valence-electron chi connectivity index (χ2n) is 4.10. The maximum atomic E-state index is 12.3. The van der Waals surface area contributed by atoms with E-state index in [0.29, 0.717) is 17.1 Å². The minimum Gasteiger partial charge on any atom is -0.394 e. The highest BCUT2D eigenvalue weighted by molar-refractivity contribution is 9.10. The molecule has 1 saturated heterocycles. The van der Waals surface area contributed by atoms with Gasteiger partial charge in [-0.2, -0.15) is 0 Å². The van der Waals surface area contributed by atoms with Gasteiger partial charge in [-0.3, -0.25) is 4.79 Å². The van der Waals surface area contributed by atoms with E-state index in [2.05, 4.69) is 15.9 Å². The summed E-state index contributed by atoms with van der Waals surface area (Å²) in [5.41, 5.74) is 0.554. The highest BCUT2D eigenvalue weighted by Gasteiger charge is 2.29. The second kappa shape index (κ2) is 5.38. The Morgan fingerprint density at radius 3 is 3.06 bits per heavy atom. The number of rotatable bonds is 2. The van der Waals surface area contributed by atoms with Gasteiger partial charge in [-0.1, -0.05) is 11.6 Å². The predicted molar refractivity (Wildman–Crippen MR) is 70.3 cm³/mol. The van der Waals surface area contributed by atoms with Crippen molar-refractivity contribution >= 4 is 33.4 Å². The molecule has 1 amide bonds. The Bertz CT molecular complexity index is 439. The number of hydrogen-bond acceptors (Lipinski definition) is 2. The molecule has 1 fully saturated rings. The molecule has 0 aromatic heterocycles. The maximum absolute atomic E-state index is 12.3. The quantitative estimate of drug-likeness (QED) is 0.911. The summed E-state index contributed by atoms with van der Waals surface area (Å²) in [6.07, 6.45) is 1.80. The van der Waals surface area contributed by atoms with Crippen LogP contribution in [0.2, 0.25) is 5.02 Å². The van der Waals surface area contributed by atoms with Gasteiger partial charge in [0.2, 0.25) is 0 Å². The zero-order valence-corrected chi connectivity index (χ0v) is 11.5. The van der Waals surface area contributed by atoms with E-state index < -0.39 is 0 Å². The van der Waals surface area contributed by atoms with Gasteiger partial charge >= 0.3 is 0 Å². The summed E-state index contributed by atoms with van der Waals surface area (Å²) in [6, 6.07) is 5.09. The van der Waals surface area contributed by atoms with Gasteiger partial charge < -0.3 is 10.0 Å². The lowest BCUT2D eigenvalue weighted by Crippen LogP contribution is -2.37. The van der Waals surface area contributed by atoms with Crippen LogP contribution in [0.1, 0.15) is 23.2 Å². The molecule has 1 unspecified atom stereocenters. The van der Waals surface area contributed by atoms with Crippen LogP contribution in [-0.2, 0) is 0 Å². The minimum absolute atomic E-state index is 0.0178. The van der Waals surface area contributed by atoms with Crippen molar-refractivity contribution in [1.29, 1.82) is 0 Å². The summed E-state index contributed by atoms with van der Waals surface area (Å²) in [5, 5.41) is 9.76. The Morgan fingerprint density at radius 1 is 1.59 bits per heavy atom. The molecule has 0 saturated carbocycles. The van der Waals surface area contributed by atoms with Crippen molar-refractivity contribution in [2.24, 2.45) is 0 Å². The van der Waals surface area contributed by atoms with E-state index in [4.69, 9.17) is 11.6 Å². The van der Waals surface area contributed by atoms with Crippen LogP contribution < -0.4 is 0 Å². The smallest absolute Gasteiger partial charge is 0.255 e. The third kappa shape index (κ3) is 2.64. The fourth-order valence-electron chi connectivity index (χ4n) is 2.11. The molecule has 1 aromatic rings. The lowest BCUT2D eigenvalue weighted by molar-refractivity contribution is 0.0676. The molecule has 1 heterocycles. The van der Waals surface area contributed by atoms with Gasteiger partial charge in [-0.25, -0.2) is 0 Å². The van der Waals surface area contributed by atoms with E-state index in [1.807, 2.05) is 0 Å². The first-order valence-corrected chi connectivity index (χ1v) is 6.67. The van der Waals surface area contributed by atoms with Gasteiger partial charge in [-0.05, 0) is 47.0 Å². The Morgan fingerprint density at radius 2 is 2.35 bits per heavy atom. The summed E-state index contributed by atoms with van der Waals surface area (Å²) < 4.78 is 0.732. The van der Waals surface area contributed by atoms with E-state index in [1.165, 1.54) is 0 Å². The molecule has 3 nitrogen and oxygen atoms in total. The van der Waals surface area contributed by atoms with Crippen molar-refractivity contribution in [2.45, 2.75) is 18.9 Å². The number of hydrogen-bond donors (Lipinski definition) is 1. The molecular formula is C12H13BrClNO2. The lowest BCUT2D eigenvalue weighted by Gasteiger charge is -2.23. The van der Waals surface area contributed by atoms with Gasteiger partial charge in [0, 0.05) is 16.0 Å². The molecule has 1 aromatic carbocycles. The number of carbonyl (C=O) groups is 1. The summed E-state index contributed by atoms with van der Waals surface area (Å²) in [5.74, 6) is -0.0732. The Kier molecular flexibility index (Phi) is 4.07. The Balaban J connectivity index is 2.27. The third-order valence-electron chi connectivity index (χ3n) is 3.01. The fraction of sp³-hybridized carbons (Fsp3) is 0.417. The first kappa shape index (κ1) is 12.9. The largest absolute Gasteiger partial charge is 0.394 e. The highest BCUT2D eigenvalue weighted by Crippen LogP contribution is 2.26. The standard InChI is InChI=1S/C12H13BrClNO2/c13-11-4-3-8(14)6-10(11)12(17)15-5-1-2-9(15)7-16/h3-4,6,9,16H,1-2,5,7H2. The molecular weight excluding hydrogens is 305 g/mol. The monoisotopic (exact) mass is 317 g/mol.